The van der Waals surface area contributed by atoms with Crippen LogP contribution in [0.5, 0.6) is 5.75 Å². The Bertz CT molecular complexity index is 670. The van der Waals surface area contributed by atoms with E-state index in [1.165, 1.54) is 12.8 Å². The molecule has 0 saturated heterocycles. The zero-order chi connectivity index (χ0) is 14.8. The lowest BCUT2D eigenvalue weighted by atomic mass is 10.1. The van der Waals surface area contributed by atoms with Crippen LogP contribution >= 0.6 is 12.2 Å². The number of nitrogens with zero attached hydrogens (tertiary/aromatic N) is 2. The van der Waals surface area contributed by atoms with Gasteiger partial charge < -0.3 is 15.4 Å². The van der Waals surface area contributed by atoms with Crippen LogP contribution < -0.4 is 15.4 Å². The molecule has 4 nitrogen and oxygen atoms in total. The topological polar surface area (TPSA) is 51.4 Å². The van der Waals surface area contributed by atoms with Gasteiger partial charge in [0.1, 0.15) is 11.6 Å². The van der Waals surface area contributed by atoms with Crippen LogP contribution in [-0.4, -0.2) is 29.7 Å². The SMILES string of the molecule is COc1cccc2c(N(CCC(N)=S)C3CC3)nccc12. The lowest BCUT2D eigenvalue weighted by Gasteiger charge is -2.25. The van der Waals surface area contributed by atoms with Crippen molar-refractivity contribution < 1.29 is 4.74 Å². The molecule has 2 N–H and O–H groups in total. The first-order valence-corrected chi connectivity index (χ1v) is 7.58. The summed E-state index contributed by atoms with van der Waals surface area (Å²) in [4.78, 5) is 7.50. The highest BCUT2D eigenvalue weighted by Gasteiger charge is 2.30. The number of benzene rings is 1. The van der Waals surface area contributed by atoms with E-state index in [0.717, 1.165) is 28.9 Å². The Morgan fingerprint density at radius 1 is 1.38 bits per heavy atom. The molecule has 1 aromatic heterocycles. The molecule has 0 spiro atoms. The van der Waals surface area contributed by atoms with Crippen LogP contribution in [0.3, 0.4) is 0 Å². The number of anilines is 1. The lowest BCUT2D eigenvalue weighted by molar-refractivity contribution is 0.420. The second-order valence-electron chi connectivity index (χ2n) is 5.33. The van der Waals surface area contributed by atoms with Gasteiger partial charge in [-0.25, -0.2) is 4.98 Å². The van der Waals surface area contributed by atoms with Crippen LogP contribution in [0.1, 0.15) is 19.3 Å². The van der Waals surface area contributed by atoms with E-state index in [0.29, 0.717) is 17.5 Å². The monoisotopic (exact) mass is 301 g/mol. The molecule has 0 amide bonds. The summed E-state index contributed by atoms with van der Waals surface area (Å²) in [6, 6.07) is 8.63. The first kappa shape index (κ1) is 14.1. The van der Waals surface area contributed by atoms with Crippen molar-refractivity contribution in [2.45, 2.75) is 25.3 Å². The lowest BCUT2D eigenvalue weighted by Crippen LogP contribution is -2.30. The fourth-order valence-electron chi connectivity index (χ4n) is 2.65. The zero-order valence-corrected chi connectivity index (χ0v) is 12.9. The maximum atomic E-state index is 5.66. The van der Waals surface area contributed by atoms with E-state index in [-0.39, 0.29) is 0 Å². The van der Waals surface area contributed by atoms with Crippen LogP contribution in [0, 0.1) is 0 Å². The molecule has 3 rings (SSSR count). The fourth-order valence-corrected chi connectivity index (χ4v) is 2.74. The van der Waals surface area contributed by atoms with E-state index in [1.807, 2.05) is 24.4 Å². The summed E-state index contributed by atoms with van der Waals surface area (Å²) in [5.41, 5.74) is 5.66. The minimum absolute atomic E-state index is 0.554. The first-order valence-electron chi connectivity index (χ1n) is 7.17. The van der Waals surface area contributed by atoms with Gasteiger partial charge in [0.25, 0.3) is 0 Å². The molecule has 1 fully saturated rings. The van der Waals surface area contributed by atoms with Crippen molar-refractivity contribution in [2.24, 2.45) is 5.73 Å². The molecular weight excluding hydrogens is 282 g/mol. The summed E-state index contributed by atoms with van der Waals surface area (Å²) >= 11 is 5.02. The number of ether oxygens (including phenoxy) is 1. The predicted molar refractivity (Wildman–Crippen MR) is 90.1 cm³/mol. The summed E-state index contributed by atoms with van der Waals surface area (Å²) in [6.45, 7) is 0.823. The molecule has 0 radical (unpaired) electrons. The van der Waals surface area contributed by atoms with E-state index in [1.54, 1.807) is 7.11 Å². The van der Waals surface area contributed by atoms with Crippen LogP contribution in [0.4, 0.5) is 5.82 Å². The Morgan fingerprint density at radius 2 is 2.19 bits per heavy atom. The number of rotatable bonds is 6. The molecule has 2 aromatic rings. The van der Waals surface area contributed by atoms with E-state index in [4.69, 9.17) is 22.7 Å². The van der Waals surface area contributed by atoms with Crippen LogP contribution in [0.25, 0.3) is 10.8 Å². The molecule has 1 aliphatic carbocycles. The Labute approximate surface area is 129 Å². The zero-order valence-electron chi connectivity index (χ0n) is 12.1. The van der Waals surface area contributed by atoms with Gasteiger partial charge in [-0.05, 0) is 25.0 Å². The van der Waals surface area contributed by atoms with E-state index in [2.05, 4.69) is 16.0 Å². The van der Waals surface area contributed by atoms with E-state index in [9.17, 15) is 0 Å². The minimum Gasteiger partial charge on any atom is -0.496 e. The quantitative estimate of drug-likeness (QED) is 0.831. The molecule has 5 heteroatoms. The van der Waals surface area contributed by atoms with Crippen LogP contribution in [0.15, 0.2) is 30.5 Å². The normalized spacial score (nSPS) is 14.1. The number of nitrogens with two attached hydrogens (primary N) is 1. The Hall–Kier alpha value is -1.88. The average molecular weight is 301 g/mol. The largest absolute Gasteiger partial charge is 0.496 e. The van der Waals surface area contributed by atoms with Gasteiger partial charge in [-0.1, -0.05) is 24.4 Å². The second kappa shape index (κ2) is 5.85. The highest BCUT2D eigenvalue weighted by Crippen LogP contribution is 2.36. The third kappa shape index (κ3) is 2.93. The van der Waals surface area contributed by atoms with Crippen molar-refractivity contribution in [3.63, 3.8) is 0 Å². The van der Waals surface area contributed by atoms with Crippen LogP contribution in [0.2, 0.25) is 0 Å². The van der Waals surface area contributed by atoms with Gasteiger partial charge in [0.2, 0.25) is 0 Å². The van der Waals surface area contributed by atoms with Crippen molar-refractivity contribution in [1.82, 2.24) is 4.98 Å². The molecule has 1 aliphatic rings. The average Bonchev–Trinajstić information content (AvgIpc) is 3.31. The highest BCUT2D eigenvalue weighted by atomic mass is 32.1. The van der Waals surface area contributed by atoms with E-state index >= 15 is 0 Å². The number of methoxy groups -OCH3 is 1. The maximum Gasteiger partial charge on any atom is 0.136 e. The maximum absolute atomic E-state index is 5.66. The number of aromatic nitrogens is 1. The van der Waals surface area contributed by atoms with Gasteiger partial charge >= 0.3 is 0 Å². The second-order valence-corrected chi connectivity index (χ2v) is 5.86. The number of pyridine rings is 1. The van der Waals surface area contributed by atoms with Crippen molar-refractivity contribution in [3.05, 3.63) is 30.5 Å². The summed E-state index contributed by atoms with van der Waals surface area (Å²) in [6.07, 6.45) is 4.98. The van der Waals surface area contributed by atoms with Crippen molar-refractivity contribution in [1.29, 1.82) is 0 Å². The van der Waals surface area contributed by atoms with Crippen molar-refractivity contribution >= 4 is 33.8 Å². The van der Waals surface area contributed by atoms with E-state index < -0.39 is 0 Å². The minimum atomic E-state index is 0.554. The molecule has 0 bridgehead atoms. The fraction of sp³-hybridized carbons (Fsp3) is 0.375. The number of hydrogen-bond donors (Lipinski definition) is 1. The molecule has 1 heterocycles. The summed E-state index contributed by atoms with van der Waals surface area (Å²) in [5.74, 6) is 1.88. The van der Waals surface area contributed by atoms with Crippen LogP contribution in [-0.2, 0) is 0 Å². The number of thiocarbonyl (C=S) groups is 1. The number of hydrogen-bond acceptors (Lipinski definition) is 4. The van der Waals surface area contributed by atoms with Gasteiger partial charge in [0.05, 0.1) is 12.1 Å². The van der Waals surface area contributed by atoms with Gasteiger partial charge in [-0.15, -0.1) is 0 Å². The highest BCUT2D eigenvalue weighted by molar-refractivity contribution is 7.80. The molecule has 21 heavy (non-hydrogen) atoms. The Morgan fingerprint density at radius 3 is 2.86 bits per heavy atom. The van der Waals surface area contributed by atoms with Gasteiger partial charge in [-0.2, -0.15) is 0 Å². The smallest absolute Gasteiger partial charge is 0.136 e. The summed E-state index contributed by atoms with van der Waals surface area (Å²) in [7, 11) is 1.69. The first-order chi connectivity index (χ1) is 10.2. The van der Waals surface area contributed by atoms with Gasteiger partial charge in [0, 0.05) is 36.0 Å². The van der Waals surface area contributed by atoms with Crippen molar-refractivity contribution in [3.8, 4) is 5.75 Å². The molecule has 0 atom stereocenters. The molecule has 0 unspecified atom stereocenters. The Balaban J connectivity index is 2.03. The summed E-state index contributed by atoms with van der Waals surface area (Å²) < 4.78 is 5.45. The number of fused-ring (bicyclic) bond motifs is 1. The Kier molecular flexibility index (Phi) is 3.92. The van der Waals surface area contributed by atoms with Gasteiger partial charge in [0.15, 0.2) is 0 Å². The third-order valence-electron chi connectivity index (χ3n) is 3.82. The molecule has 1 saturated carbocycles. The summed E-state index contributed by atoms with van der Waals surface area (Å²) in [5, 5.41) is 2.21. The standard InChI is InChI=1S/C16H19N3OS/c1-20-14-4-2-3-13-12(14)7-9-18-16(13)19(11-5-6-11)10-8-15(17)21/h2-4,7,9,11H,5-6,8,10H2,1H3,(H2,17,21). The van der Waals surface area contributed by atoms with Crippen molar-refractivity contribution in [2.75, 3.05) is 18.6 Å². The predicted octanol–water partition coefficient (Wildman–Crippen LogP) is 2.89. The molecule has 1 aromatic carbocycles. The molecule has 110 valence electrons. The molecule has 0 aliphatic heterocycles. The van der Waals surface area contributed by atoms with Gasteiger partial charge in [-0.3, -0.25) is 0 Å². The molecular formula is C16H19N3OS. The third-order valence-corrected chi connectivity index (χ3v) is 4.03.